The van der Waals surface area contributed by atoms with E-state index in [0.29, 0.717) is 29.5 Å². The molecule has 0 saturated carbocycles. The van der Waals surface area contributed by atoms with Gasteiger partial charge in [-0.05, 0) is 13.0 Å². The molecule has 5 nitrogen and oxygen atoms in total. The minimum atomic E-state index is -0.342. The molecule has 0 aliphatic heterocycles. The summed E-state index contributed by atoms with van der Waals surface area (Å²) in [6, 6.07) is 3.13. The fraction of sp³-hybridized carbons (Fsp3) is 0.417. The van der Waals surface area contributed by atoms with E-state index in [0.717, 1.165) is 0 Å². The first-order chi connectivity index (χ1) is 8.58. The SMILES string of the molecule is CCOC(=O)CNCc1cc(Cl)cc(OC)c1O. The van der Waals surface area contributed by atoms with E-state index in [1.54, 1.807) is 13.0 Å². The van der Waals surface area contributed by atoms with E-state index in [9.17, 15) is 9.90 Å². The maximum atomic E-state index is 11.1. The van der Waals surface area contributed by atoms with E-state index in [4.69, 9.17) is 21.1 Å². The van der Waals surface area contributed by atoms with Gasteiger partial charge in [-0.25, -0.2) is 0 Å². The second-order valence-corrected chi connectivity index (χ2v) is 3.96. The zero-order chi connectivity index (χ0) is 13.5. The molecule has 0 spiro atoms. The Morgan fingerprint density at radius 3 is 2.83 bits per heavy atom. The first-order valence-electron chi connectivity index (χ1n) is 5.50. The van der Waals surface area contributed by atoms with Gasteiger partial charge in [0.2, 0.25) is 0 Å². The number of rotatable bonds is 6. The van der Waals surface area contributed by atoms with Crippen LogP contribution in [-0.4, -0.2) is 31.3 Å². The monoisotopic (exact) mass is 273 g/mol. The maximum absolute atomic E-state index is 11.1. The van der Waals surface area contributed by atoms with Crippen LogP contribution in [0, 0.1) is 0 Å². The second-order valence-electron chi connectivity index (χ2n) is 3.52. The number of ether oxygens (including phenoxy) is 2. The van der Waals surface area contributed by atoms with Gasteiger partial charge in [0.05, 0.1) is 20.3 Å². The Bertz CT molecular complexity index is 423. The van der Waals surface area contributed by atoms with E-state index < -0.39 is 0 Å². The van der Waals surface area contributed by atoms with Crippen LogP contribution in [0.1, 0.15) is 12.5 Å². The van der Waals surface area contributed by atoms with Crippen LogP contribution in [0.25, 0.3) is 0 Å². The molecule has 0 amide bonds. The number of methoxy groups -OCH3 is 1. The Balaban J connectivity index is 2.62. The molecule has 18 heavy (non-hydrogen) atoms. The van der Waals surface area contributed by atoms with Crippen LogP contribution < -0.4 is 10.1 Å². The molecule has 1 aromatic rings. The maximum Gasteiger partial charge on any atom is 0.319 e. The van der Waals surface area contributed by atoms with Crippen molar-refractivity contribution in [3.63, 3.8) is 0 Å². The van der Waals surface area contributed by atoms with Crippen molar-refractivity contribution in [1.82, 2.24) is 5.32 Å². The Labute approximate surface area is 111 Å². The summed E-state index contributed by atoms with van der Waals surface area (Å²) in [7, 11) is 1.45. The molecule has 0 atom stereocenters. The smallest absolute Gasteiger partial charge is 0.319 e. The van der Waals surface area contributed by atoms with Crippen LogP contribution in [0.15, 0.2) is 12.1 Å². The molecular weight excluding hydrogens is 258 g/mol. The van der Waals surface area contributed by atoms with Crippen molar-refractivity contribution in [2.45, 2.75) is 13.5 Å². The van der Waals surface area contributed by atoms with Crippen molar-refractivity contribution in [3.05, 3.63) is 22.7 Å². The Kier molecular flexibility index (Phi) is 5.74. The number of phenols is 1. The number of esters is 1. The van der Waals surface area contributed by atoms with Crippen LogP contribution in [0.3, 0.4) is 0 Å². The van der Waals surface area contributed by atoms with Gasteiger partial charge < -0.3 is 19.9 Å². The van der Waals surface area contributed by atoms with Gasteiger partial charge in [0.15, 0.2) is 11.5 Å². The fourth-order valence-electron chi connectivity index (χ4n) is 1.43. The Morgan fingerprint density at radius 1 is 1.50 bits per heavy atom. The molecule has 0 bridgehead atoms. The van der Waals surface area contributed by atoms with Crippen LogP contribution in [-0.2, 0) is 16.1 Å². The summed E-state index contributed by atoms with van der Waals surface area (Å²) in [5.74, 6) is -0.0281. The van der Waals surface area contributed by atoms with E-state index in [-0.39, 0.29) is 18.3 Å². The van der Waals surface area contributed by atoms with Gasteiger partial charge >= 0.3 is 5.97 Å². The summed E-state index contributed by atoms with van der Waals surface area (Å²) in [5.41, 5.74) is 0.559. The predicted molar refractivity (Wildman–Crippen MR) is 68.0 cm³/mol. The zero-order valence-corrected chi connectivity index (χ0v) is 11.1. The molecule has 0 aromatic heterocycles. The number of aromatic hydroxyl groups is 1. The highest BCUT2D eigenvalue weighted by atomic mass is 35.5. The molecule has 1 rings (SSSR count). The lowest BCUT2D eigenvalue weighted by molar-refractivity contribution is -0.142. The summed E-state index contributed by atoms with van der Waals surface area (Å²) >= 11 is 5.88. The molecular formula is C12H16ClNO4. The summed E-state index contributed by atoms with van der Waals surface area (Å²) in [6.07, 6.45) is 0. The van der Waals surface area contributed by atoms with Crippen LogP contribution in [0.2, 0.25) is 5.02 Å². The molecule has 0 fully saturated rings. The van der Waals surface area contributed by atoms with Gasteiger partial charge in [-0.1, -0.05) is 11.6 Å². The van der Waals surface area contributed by atoms with Gasteiger partial charge in [0.1, 0.15) is 0 Å². The largest absolute Gasteiger partial charge is 0.504 e. The standard InChI is InChI=1S/C12H16ClNO4/c1-3-18-11(15)7-14-6-8-4-9(13)5-10(17-2)12(8)16/h4-5,14,16H,3,6-7H2,1-2H3. The summed E-state index contributed by atoms with van der Waals surface area (Å²) in [6.45, 7) is 2.45. The lowest BCUT2D eigenvalue weighted by atomic mass is 10.2. The molecule has 0 aliphatic rings. The molecule has 6 heteroatoms. The molecule has 2 N–H and O–H groups in total. The van der Waals surface area contributed by atoms with Gasteiger partial charge in [0, 0.05) is 23.2 Å². The second kappa shape index (κ2) is 7.08. The minimum Gasteiger partial charge on any atom is -0.504 e. The van der Waals surface area contributed by atoms with Crippen LogP contribution in [0.4, 0.5) is 0 Å². The Hall–Kier alpha value is -1.46. The lowest BCUT2D eigenvalue weighted by Gasteiger charge is -2.10. The van der Waals surface area contributed by atoms with E-state index in [1.807, 2.05) is 0 Å². The molecule has 100 valence electrons. The summed E-state index contributed by atoms with van der Waals surface area (Å²) in [5, 5.41) is 13.2. The number of halogens is 1. The van der Waals surface area contributed by atoms with Gasteiger partial charge in [-0.3, -0.25) is 4.79 Å². The average Bonchev–Trinajstić information content (AvgIpc) is 2.33. The average molecular weight is 274 g/mol. The molecule has 0 unspecified atom stereocenters. The molecule has 1 aromatic carbocycles. The highest BCUT2D eigenvalue weighted by Crippen LogP contribution is 2.33. The fourth-order valence-corrected chi connectivity index (χ4v) is 1.66. The number of nitrogens with one attached hydrogen (secondary N) is 1. The third-order valence-electron chi connectivity index (χ3n) is 2.23. The highest BCUT2D eigenvalue weighted by molar-refractivity contribution is 6.30. The van der Waals surface area contributed by atoms with Gasteiger partial charge in [-0.2, -0.15) is 0 Å². The van der Waals surface area contributed by atoms with Crippen LogP contribution in [0.5, 0.6) is 11.5 Å². The number of carbonyl (C=O) groups excluding carboxylic acids is 1. The quantitative estimate of drug-likeness (QED) is 0.773. The zero-order valence-electron chi connectivity index (χ0n) is 10.3. The molecule has 0 saturated heterocycles. The predicted octanol–water partition coefficient (Wildman–Crippen LogP) is 1.71. The topological polar surface area (TPSA) is 67.8 Å². The van der Waals surface area contributed by atoms with E-state index in [2.05, 4.69) is 5.32 Å². The minimum absolute atomic E-state index is 0.0123. The van der Waals surface area contributed by atoms with Crippen molar-refractivity contribution in [1.29, 1.82) is 0 Å². The number of carbonyl (C=O) groups is 1. The van der Waals surface area contributed by atoms with Crippen molar-refractivity contribution in [2.24, 2.45) is 0 Å². The first kappa shape index (κ1) is 14.6. The molecule has 0 radical (unpaired) electrons. The number of benzene rings is 1. The lowest BCUT2D eigenvalue weighted by Crippen LogP contribution is -2.24. The van der Waals surface area contributed by atoms with E-state index >= 15 is 0 Å². The number of phenolic OH excluding ortho intramolecular Hbond substituents is 1. The van der Waals surface area contributed by atoms with Gasteiger partial charge in [0.25, 0.3) is 0 Å². The van der Waals surface area contributed by atoms with Crippen molar-refractivity contribution < 1.29 is 19.4 Å². The third-order valence-corrected chi connectivity index (χ3v) is 2.45. The van der Waals surface area contributed by atoms with Crippen molar-refractivity contribution in [3.8, 4) is 11.5 Å². The number of hydrogen-bond acceptors (Lipinski definition) is 5. The van der Waals surface area contributed by atoms with Crippen LogP contribution >= 0.6 is 11.6 Å². The Morgan fingerprint density at radius 2 is 2.22 bits per heavy atom. The summed E-state index contributed by atoms with van der Waals surface area (Å²) in [4.78, 5) is 11.1. The van der Waals surface area contributed by atoms with Crippen molar-refractivity contribution in [2.75, 3.05) is 20.3 Å². The van der Waals surface area contributed by atoms with Gasteiger partial charge in [-0.15, -0.1) is 0 Å². The highest BCUT2D eigenvalue weighted by Gasteiger charge is 2.10. The molecule has 0 aliphatic carbocycles. The van der Waals surface area contributed by atoms with Crippen molar-refractivity contribution >= 4 is 17.6 Å². The third kappa shape index (κ3) is 4.09. The first-order valence-corrected chi connectivity index (χ1v) is 5.88. The normalized spacial score (nSPS) is 10.2. The van der Waals surface area contributed by atoms with E-state index in [1.165, 1.54) is 13.2 Å². The summed E-state index contributed by atoms with van der Waals surface area (Å²) < 4.78 is 9.74. The number of hydrogen-bond donors (Lipinski definition) is 2. The molecule has 0 heterocycles.